The fourth-order valence-corrected chi connectivity index (χ4v) is 3.15. The van der Waals surface area contributed by atoms with Crippen molar-refractivity contribution in [3.63, 3.8) is 0 Å². The summed E-state index contributed by atoms with van der Waals surface area (Å²) >= 11 is 0. The Kier molecular flexibility index (Phi) is 2.46. The Hall–Kier alpha value is -1.83. The van der Waals surface area contributed by atoms with Gasteiger partial charge in [-0.2, -0.15) is 0 Å². The van der Waals surface area contributed by atoms with Gasteiger partial charge in [-0.15, -0.1) is 0 Å². The zero-order valence-electron chi connectivity index (χ0n) is 12.3. The molecule has 0 saturated heterocycles. The van der Waals surface area contributed by atoms with Crippen LogP contribution in [0.2, 0.25) is 0 Å². The van der Waals surface area contributed by atoms with Gasteiger partial charge in [0.25, 0.3) is 0 Å². The van der Waals surface area contributed by atoms with Crippen molar-refractivity contribution in [1.82, 2.24) is 9.55 Å². The highest BCUT2D eigenvalue weighted by atomic mass is 14.9. The Balaban J connectivity index is 2.62. The molecular formula is C17H20N2. The molecule has 1 aromatic carbocycles. The van der Waals surface area contributed by atoms with E-state index >= 15 is 0 Å². The number of hydrogen-bond acceptors (Lipinski definition) is 1. The average molecular weight is 252 g/mol. The minimum atomic E-state index is 0.0979. The molecule has 19 heavy (non-hydrogen) atoms. The maximum atomic E-state index is 4.61. The number of aryl methyl sites for hydroxylation is 2. The van der Waals surface area contributed by atoms with Gasteiger partial charge in [0.05, 0.1) is 11.7 Å². The van der Waals surface area contributed by atoms with Gasteiger partial charge in [0.2, 0.25) is 0 Å². The topological polar surface area (TPSA) is 17.8 Å². The number of nitrogens with zero attached hydrogens (tertiary/aromatic N) is 2. The second-order valence-corrected chi connectivity index (χ2v) is 6.31. The van der Waals surface area contributed by atoms with E-state index in [1.165, 1.54) is 27.4 Å². The van der Waals surface area contributed by atoms with Gasteiger partial charge in [-0.25, -0.2) is 0 Å². The molecule has 2 aromatic heterocycles. The van der Waals surface area contributed by atoms with Gasteiger partial charge in [0.15, 0.2) is 0 Å². The van der Waals surface area contributed by atoms with Gasteiger partial charge in [-0.05, 0) is 24.0 Å². The van der Waals surface area contributed by atoms with Gasteiger partial charge < -0.3 is 4.57 Å². The SMILES string of the molecule is Cc1ncc2c(c1C(C)(C)C)c1ccccc1n2C. The highest BCUT2D eigenvalue weighted by molar-refractivity contribution is 6.10. The highest BCUT2D eigenvalue weighted by Crippen LogP contribution is 2.37. The van der Waals surface area contributed by atoms with E-state index in [1.54, 1.807) is 0 Å². The third kappa shape index (κ3) is 1.66. The summed E-state index contributed by atoms with van der Waals surface area (Å²) in [5, 5.41) is 2.69. The number of rotatable bonds is 0. The van der Waals surface area contributed by atoms with Crippen molar-refractivity contribution < 1.29 is 0 Å². The van der Waals surface area contributed by atoms with Gasteiger partial charge in [-0.1, -0.05) is 39.0 Å². The van der Waals surface area contributed by atoms with Crippen molar-refractivity contribution in [3.8, 4) is 0 Å². The second kappa shape index (κ2) is 3.83. The Morgan fingerprint density at radius 1 is 1.05 bits per heavy atom. The van der Waals surface area contributed by atoms with E-state index in [2.05, 4.69) is 68.6 Å². The number of aromatic nitrogens is 2. The van der Waals surface area contributed by atoms with Gasteiger partial charge in [0, 0.05) is 29.0 Å². The van der Waals surface area contributed by atoms with Crippen LogP contribution < -0.4 is 0 Å². The quantitative estimate of drug-likeness (QED) is 0.582. The highest BCUT2D eigenvalue weighted by Gasteiger charge is 2.23. The molecule has 0 aliphatic heterocycles. The number of pyridine rings is 1. The molecule has 0 saturated carbocycles. The molecule has 2 heterocycles. The zero-order chi connectivity index (χ0) is 13.8. The lowest BCUT2D eigenvalue weighted by molar-refractivity contribution is 0.588. The maximum Gasteiger partial charge on any atom is 0.0678 e. The first-order valence-corrected chi connectivity index (χ1v) is 6.74. The van der Waals surface area contributed by atoms with E-state index in [4.69, 9.17) is 0 Å². The first-order chi connectivity index (χ1) is 8.91. The predicted molar refractivity (Wildman–Crippen MR) is 81.7 cm³/mol. The molecule has 0 aliphatic rings. The summed E-state index contributed by atoms with van der Waals surface area (Å²) < 4.78 is 2.24. The Morgan fingerprint density at radius 3 is 2.42 bits per heavy atom. The summed E-state index contributed by atoms with van der Waals surface area (Å²) in [5.74, 6) is 0. The Labute approximate surface area is 114 Å². The molecule has 0 spiro atoms. The van der Waals surface area contributed by atoms with Crippen molar-refractivity contribution in [2.45, 2.75) is 33.1 Å². The van der Waals surface area contributed by atoms with Crippen molar-refractivity contribution >= 4 is 21.8 Å². The molecule has 0 fully saturated rings. The molecule has 2 nitrogen and oxygen atoms in total. The summed E-state index contributed by atoms with van der Waals surface area (Å²) in [6.07, 6.45) is 2.00. The van der Waals surface area contributed by atoms with E-state index in [-0.39, 0.29) is 5.41 Å². The zero-order valence-corrected chi connectivity index (χ0v) is 12.3. The Morgan fingerprint density at radius 2 is 1.74 bits per heavy atom. The lowest BCUT2D eigenvalue weighted by atomic mass is 9.83. The van der Waals surface area contributed by atoms with Crippen LogP contribution in [0.15, 0.2) is 30.5 Å². The molecule has 2 heteroatoms. The minimum Gasteiger partial charge on any atom is -0.342 e. The third-order valence-corrected chi connectivity index (χ3v) is 3.89. The molecule has 3 rings (SSSR count). The van der Waals surface area contributed by atoms with Gasteiger partial charge in [0.1, 0.15) is 0 Å². The van der Waals surface area contributed by atoms with Crippen molar-refractivity contribution in [2.75, 3.05) is 0 Å². The van der Waals surface area contributed by atoms with Crippen LogP contribution in [0.5, 0.6) is 0 Å². The van der Waals surface area contributed by atoms with E-state index in [1.807, 2.05) is 6.20 Å². The summed E-state index contributed by atoms with van der Waals surface area (Å²) in [5.41, 5.74) is 5.09. The van der Waals surface area contributed by atoms with Crippen LogP contribution in [0.1, 0.15) is 32.0 Å². The molecule has 0 N–H and O–H groups in total. The van der Waals surface area contributed by atoms with E-state index < -0.39 is 0 Å². The molecule has 98 valence electrons. The molecule has 0 bridgehead atoms. The van der Waals surface area contributed by atoms with Crippen LogP contribution >= 0.6 is 0 Å². The standard InChI is InChI=1S/C17H20N2/c1-11-16(17(2,3)4)15-12-8-6-7-9-13(12)19(5)14(15)10-18-11/h6-10H,1-5H3. The van der Waals surface area contributed by atoms with E-state index in [0.29, 0.717) is 0 Å². The fourth-order valence-electron chi connectivity index (χ4n) is 3.15. The molecule has 0 unspecified atom stereocenters. The normalized spacial score (nSPS) is 12.5. The lowest BCUT2D eigenvalue weighted by Crippen LogP contribution is -2.14. The van der Waals surface area contributed by atoms with Crippen molar-refractivity contribution in [3.05, 3.63) is 41.7 Å². The summed E-state index contributed by atoms with van der Waals surface area (Å²) in [6.45, 7) is 8.90. The van der Waals surface area contributed by atoms with Crippen LogP contribution in [-0.2, 0) is 12.5 Å². The van der Waals surface area contributed by atoms with Crippen molar-refractivity contribution in [2.24, 2.45) is 7.05 Å². The molecule has 0 radical (unpaired) electrons. The van der Waals surface area contributed by atoms with Crippen LogP contribution in [-0.4, -0.2) is 9.55 Å². The lowest BCUT2D eigenvalue weighted by Gasteiger charge is -2.22. The maximum absolute atomic E-state index is 4.61. The monoisotopic (exact) mass is 252 g/mol. The average Bonchev–Trinajstić information content (AvgIpc) is 2.62. The van der Waals surface area contributed by atoms with Crippen LogP contribution in [0.3, 0.4) is 0 Å². The molecule has 0 amide bonds. The second-order valence-electron chi connectivity index (χ2n) is 6.31. The summed E-state index contributed by atoms with van der Waals surface area (Å²) in [7, 11) is 2.12. The van der Waals surface area contributed by atoms with E-state index in [0.717, 1.165) is 5.69 Å². The van der Waals surface area contributed by atoms with E-state index in [9.17, 15) is 0 Å². The first-order valence-electron chi connectivity index (χ1n) is 6.74. The fraction of sp³-hybridized carbons (Fsp3) is 0.353. The smallest absolute Gasteiger partial charge is 0.0678 e. The number of hydrogen-bond donors (Lipinski definition) is 0. The van der Waals surface area contributed by atoms with Crippen LogP contribution in [0.4, 0.5) is 0 Å². The Bertz CT molecular complexity index is 773. The third-order valence-electron chi connectivity index (χ3n) is 3.89. The number of benzene rings is 1. The minimum absolute atomic E-state index is 0.0979. The first kappa shape index (κ1) is 12.2. The van der Waals surface area contributed by atoms with Crippen LogP contribution in [0.25, 0.3) is 21.8 Å². The largest absolute Gasteiger partial charge is 0.342 e. The summed E-state index contributed by atoms with van der Waals surface area (Å²) in [6, 6.07) is 8.60. The number of fused-ring (bicyclic) bond motifs is 3. The van der Waals surface area contributed by atoms with Gasteiger partial charge in [-0.3, -0.25) is 4.98 Å². The molecular weight excluding hydrogens is 232 g/mol. The molecule has 0 aliphatic carbocycles. The summed E-state index contributed by atoms with van der Waals surface area (Å²) in [4.78, 5) is 4.61. The molecule has 3 aromatic rings. The predicted octanol–water partition coefficient (Wildman–Crippen LogP) is 4.33. The molecule has 0 atom stereocenters. The van der Waals surface area contributed by atoms with Crippen molar-refractivity contribution in [1.29, 1.82) is 0 Å². The van der Waals surface area contributed by atoms with Gasteiger partial charge >= 0.3 is 0 Å². The van der Waals surface area contributed by atoms with Crippen LogP contribution in [0, 0.1) is 6.92 Å². The number of para-hydroxylation sites is 1.